The number of nitrogens with one attached hydrogen (secondary N) is 1. The zero-order valence-electron chi connectivity index (χ0n) is 10.7. The van der Waals surface area contributed by atoms with Crippen LogP contribution in [0.5, 0.6) is 0 Å². The Morgan fingerprint density at radius 1 is 1.00 bits per heavy atom. The molecule has 0 aromatic heterocycles. The molecule has 2 atom stereocenters. The Labute approximate surface area is 117 Å². The Bertz CT molecular complexity index is 656. The fraction of sp³-hybridized carbons (Fsp3) is 0.118. The van der Waals surface area contributed by atoms with Gasteiger partial charge in [0.1, 0.15) is 6.04 Å². The molecule has 1 fully saturated rings. The van der Waals surface area contributed by atoms with Gasteiger partial charge in [-0.15, -0.1) is 6.42 Å². The second-order valence-electron chi connectivity index (χ2n) is 4.60. The van der Waals surface area contributed by atoms with Crippen molar-refractivity contribution in [3.05, 3.63) is 60.2 Å². The summed E-state index contributed by atoms with van der Waals surface area (Å²) in [6, 6.07) is 17.8. The van der Waals surface area contributed by atoms with Gasteiger partial charge < -0.3 is 10.1 Å². The molecule has 3 heteroatoms. The first-order valence-corrected chi connectivity index (χ1v) is 6.36. The van der Waals surface area contributed by atoms with Gasteiger partial charge >= 0.3 is 6.09 Å². The molecule has 0 aliphatic carbocycles. The van der Waals surface area contributed by atoms with E-state index < -0.39 is 12.2 Å². The molecule has 2 aromatic rings. The van der Waals surface area contributed by atoms with Crippen LogP contribution >= 0.6 is 0 Å². The standard InChI is InChI=1S/C17H13NO2/c1-2-15-16(18-17(19)20-15)14-10-8-13(9-11-14)12-6-4-3-5-7-12/h1,3-11,15-16H,(H,18,19)/t15-,16+/m0/s1. The summed E-state index contributed by atoms with van der Waals surface area (Å²) in [4.78, 5) is 11.3. The quantitative estimate of drug-likeness (QED) is 0.845. The van der Waals surface area contributed by atoms with Crippen molar-refractivity contribution in [1.29, 1.82) is 0 Å². The van der Waals surface area contributed by atoms with Crippen molar-refractivity contribution in [3.8, 4) is 23.5 Å². The van der Waals surface area contributed by atoms with E-state index in [4.69, 9.17) is 11.2 Å². The summed E-state index contributed by atoms with van der Waals surface area (Å²) in [5, 5.41) is 2.73. The van der Waals surface area contributed by atoms with E-state index in [-0.39, 0.29) is 6.04 Å². The van der Waals surface area contributed by atoms with Crippen molar-refractivity contribution in [2.75, 3.05) is 0 Å². The molecule has 2 aromatic carbocycles. The number of carbonyl (C=O) groups excluding carboxylic acids is 1. The van der Waals surface area contributed by atoms with Gasteiger partial charge in [-0.25, -0.2) is 4.79 Å². The zero-order valence-corrected chi connectivity index (χ0v) is 10.7. The number of amides is 1. The van der Waals surface area contributed by atoms with Gasteiger partial charge in [0.2, 0.25) is 0 Å². The van der Waals surface area contributed by atoms with Crippen molar-refractivity contribution in [3.63, 3.8) is 0 Å². The topological polar surface area (TPSA) is 38.3 Å². The smallest absolute Gasteiger partial charge is 0.409 e. The SMILES string of the molecule is C#C[C@@H]1OC(=O)N[C@@H]1c1ccc(-c2ccccc2)cc1. The number of alkyl carbamates (subject to hydrolysis) is 1. The summed E-state index contributed by atoms with van der Waals surface area (Å²) in [6.45, 7) is 0. The van der Waals surface area contributed by atoms with E-state index >= 15 is 0 Å². The highest BCUT2D eigenvalue weighted by molar-refractivity contribution is 5.72. The van der Waals surface area contributed by atoms with E-state index in [2.05, 4.69) is 23.4 Å². The first-order chi connectivity index (χ1) is 9.78. The average molecular weight is 263 g/mol. The predicted molar refractivity (Wildman–Crippen MR) is 76.9 cm³/mol. The summed E-state index contributed by atoms with van der Waals surface area (Å²) >= 11 is 0. The van der Waals surface area contributed by atoms with E-state index in [1.165, 1.54) is 0 Å². The lowest BCUT2D eigenvalue weighted by atomic mass is 9.98. The predicted octanol–water partition coefficient (Wildman–Crippen LogP) is 3.14. The van der Waals surface area contributed by atoms with Crippen LogP contribution in [0, 0.1) is 12.3 Å². The second kappa shape index (κ2) is 5.10. The van der Waals surface area contributed by atoms with E-state index in [9.17, 15) is 4.79 Å². The van der Waals surface area contributed by atoms with Crippen molar-refractivity contribution in [2.45, 2.75) is 12.1 Å². The summed E-state index contributed by atoms with van der Waals surface area (Å²) in [5.41, 5.74) is 3.22. The van der Waals surface area contributed by atoms with Gasteiger partial charge in [-0.1, -0.05) is 60.5 Å². The summed E-state index contributed by atoms with van der Waals surface area (Å²) in [6.07, 6.45) is 4.36. The molecule has 0 unspecified atom stereocenters. The molecule has 20 heavy (non-hydrogen) atoms. The molecule has 1 N–H and O–H groups in total. The molecule has 1 heterocycles. The third-order valence-electron chi connectivity index (χ3n) is 3.35. The third-order valence-corrected chi connectivity index (χ3v) is 3.35. The number of benzene rings is 2. The first kappa shape index (κ1) is 12.3. The molecule has 3 rings (SSSR count). The Balaban J connectivity index is 1.87. The molecule has 3 nitrogen and oxygen atoms in total. The highest BCUT2D eigenvalue weighted by atomic mass is 16.6. The number of carbonyl (C=O) groups is 1. The maximum absolute atomic E-state index is 11.3. The van der Waals surface area contributed by atoms with E-state index in [0.717, 1.165) is 16.7 Å². The van der Waals surface area contributed by atoms with Crippen molar-refractivity contribution in [2.24, 2.45) is 0 Å². The molecule has 1 aliphatic heterocycles. The fourth-order valence-corrected chi connectivity index (χ4v) is 2.32. The Kier molecular flexibility index (Phi) is 3.14. The molecule has 0 bridgehead atoms. The van der Waals surface area contributed by atoms with Crippen LogP contribution in [0.25, 0.3) is 11.1 Å². The minimum atomic E-state index is -0.551. The number of hydrogen-bond donors (Lipinski definition) is 1. The molecular formula is C17H13NO2. The van der Waals surface area contributed by atoms with Gasteiger partial charge in [0, 0.05) is 0 Å². The number of terminal acetylenes is 1. The zero-order chi connectivity index (χ0) is 13.9. The molecule has 98 valence electrons. The monoisotopic (exact) mass is 263 g/mol. The lowest BCUT2D eigenvalue weighted by Crippen LogP contribution is -2.21. The molecule has 0 radical (unpaired) electrons. The van der Waals surface area contributed by atoms with Crippen LogP contribution in [0.1, 0.15) is 11.6 Å². The maximum Gasteiger partial charge on any atom is 0.409 e. The van der Waals surface area contributed by atoms with Crippen molar-refractivity contribution >= 4 is 6.09 Å². The summed E-state index contributed by atoms with van der Waals surface area (Å²) < 4.78 is 5.01. The molecule has 0 spiro atoms. The largest absolute Gasteiger partial charge is 0.430 e. The van der Waals surface area contributed by atoms with Gasteiger partial charge in [0.25, 0.3) is 0 Å². The lowest BCUT2D eigenvalue weighted by molar-refractivity contribution is 0.157. The third kappa shape index (κ3) is 2.24. The Hall–Kier alpha value is -2.73. The van der Waals surface area contributed by atoms with Crippen molar-refractivity contribution in [1.82, 2.24) is 5.32 Å². The minimum absolute atomic E-state index is 0.280. The van der Waals surface area contributed by atoms with Crippen LogP contribution in [0.15, 0.2) is 54.6 Å². The Morgan fingerprint density at radius 3 is 2.30 bits per heavy atom. The van der Waals surface area contributed by atoms with Crippen LogP contribution in [-0.4, -0.2) is 12.2 Å². The van der Waals surface area contributed by atoms with E-state index in [0.29, 0.717) is 0 Å². The van der Waals surface area contributed by atoms with Gasteiger partial charge in [0.15, 0.2) is 6.10 Å². The van der Waals surface area contributed by atoms with Crippen LogP contribution in [0.3, 0.4) is 0 Å². The van der Waals surface area contributed by atoms with Gasteiger partial charge in [0.05, 0.1) is 0 Å². The number of rotatable bonds is 2. The fourth-order valence-electron chi connectivity index (χ4n) is 2.32. The highest BCUT2D eigenvalue weighted by Crippen LogP contribution is 2.27. The molecule has 1 amide bonds. The molecule has 1 aliphatic rings. The Morgan fingerprint density at radius 2 is 1.65 bits per heavy atom. The number of ether oxygens (including phenoxy) is 1. The van der Waals surface area contributed by atoms with Crippen LogP contribution in [-0.2, 0) is 4.74 Å². The summed E-state index contributed by atoms with van der Waals surface area (Å²) in [7, 11) is 0. The van der Waals surface area contributed by atoms with Gasteiger partial charge in [-0.05, 0) is 16.7 Å². The lowest BCUT2D eigenvalue weighted by Gasteiger charge is -2.13. The minimum Gasteiger partial charge on any atom is -0.430 e. The number of cyclic esters (lactones) is 1. The van der Waals surface area contributed by atoms with Crippen LogP contribution < -0.4 is 5.32 Å². The van der Waals surface area contributed by atoms with Crippen molar-refractivity contribution < 1.29 is 9.53 Å². The normalized spacial score (nSPS) is 20.9. The van der Waals surface area contributed by atoms with E-state index in [1.807, 2.05) is 42.5 Å². The summed E-state index contributed by atoms with van der Waals surface area (Å²) in [5.74, 6) is 2.48. The van der Waals surface area contributed by atoms with Crippen LogP contribution in [0.4, 0.5) is 4.79 Å². The maximum atomic E-state index is 11.3. The van der Waals surface area contributed by atoms with E-state index in [1.54, 1.807) is 0 Å². The molecular weight excluding hydrogens is 250 g/mol. The highest BCUT2D eigenvalue weighted by Gasteiger charge is 2.33. The van der Waals surface area contributed by atoms with Gasteiger partial charge in [-0.2, -0.15) is 0 Å². The first-order valence-electron chi connectivity index (χ1n) is 6.36. The molecule has 0 saturated carbocycles. The average Bonchev–Trinajstić information content (AvgIpc) is 2.89. The molecule has 1 saturated heterocycles. The second-order valence-corrected chi connectivity index (χ2v) is 4.60. The van der Waals surface area contributed by atoms with Crippen LogP contribution in [0.2, 0.25) is 0 Å². The van der Waals surface area contributed by atoms with Gasteiger partial charge in [-0.3, -0.25) is 0 Å². The number of hydrogen-bond acceptors (Lipinski definition) is 2.